The van der Waals surface area contributed by atoms with E-state index in [4.69, 9.17) is 11.6 Å². The van der Waals surface area contributed by atoms with Gasteiger partial charge in [0, 0.05) is 12.1 Å². The molecule has 4 nitrogen and oxygen atoms in total. The third-order valence-electron chi connectivity index (χ3n) is 3.00. The highest BCUT2D eigenvalue weighted by Gasteiger charge is 2.24. The van der Waals surface area contributed by atoms with Crippen molar-refractivity contribution in [2.45, 2.75) is 12.8 Å². The Hall–Kier alpha value is -1.07. The molecule has 0 unspecified atom stereocenters. The van der Waals surface area contributed by atoms with E-state index in [1.165, 1.54) is 10.6 Å². The van der Waals surface area contributed by atoms with Crippen LogP contribution in [0.1, 0.15) is 22.3 Å². The normalized spacial score (nSPS) is 15.3. The number of alkyl halides is 1. The molecule has 0 fully saturated rings. The summed E-state index contributed by atoms with van der Waals surface area (Å²) >= 11 is 5.52. The molecule has 0 atom stereocenters. The van der Waals surface area contributed by atoms with Crippen molar-refractivity contribution in [1.29, 1.82) is 0 Å². The number of sulfonamides is 1. The van der Waals surface area contributed by atoms with Gasteiger partial charge in [0.15, 0.2) is 5.78 Å². The zero-order valence-electron chi connectivity index (χ0n) is 10.0. The maximum Gasteiger partial charge on any atom is 0.232 e. The average molecular weight is 288 g/mol. The number of hydrogen-bond acceptors (Lipinski definition) is 3. The molecular formula is C12H14ClNO3S. The lowest BCUT2D eigenvalue weighted by Gasteiger charge is -2.29. The summed E-state index contributed by atoms with van der Waals surface area (Å²) in [5.74, 6) is -0.204. The van der Waals surface area contributed by atoms with Gasteiger partial charge in [-0.3, -0.25) is 9.10 Å². The van der Waals surface area contributed by atoms with Crippen LogP contribution in [-0.4, -0.2) is 32.9 Å². The number of Topliss-reactive ketones (excluding diaryl/α,β-unsaturated/α-hetero) is 1. The summed E-state index contributed by atoms with van der Waals surface area (Å²) in [6.45, 7) is 0.495. The molecule has 1 heterocycles. The summed E-state index contributed by atoms with van der Waals surface area (Å²) in [5.41, 5.74) is 2.11. The molecule has 0 aromatic heterocycles. The first-order valence-electron chi connectivity index (χ1n) is 5.63. The molecule has 1 aliphatic heterocycles. The smallest absolute Gasteiger partial charge is 0.232 e. The minimum absolute atomic E-state index is 0.0609. The number of nitrogens with zero attached hydrogens (tertiary/aromatic N) is 1. The minimum atomic E-state index is -3.26. The quantitative estimate of drug-likeness (QED) is 0.629. The first-order valence-corrected chi connectivity index (χ1v) is 8.01. The number of hydrogen-bond donors (Lipinski definition) is 0. The predicted molar refractivity (Wildman–Crippen MR) is 72.0 cm³/mol. The van der Waals surface area contributed by atoms with Crippen LogP contribution >= 0.6 is 11.6 Å². The molecule has 1 aliphatic rings. The van der Waals surface area contributed by atoms with Gasteiger partial charge in [-0.1, -0.05) is 0 Å². The van der Waals surface area contributed by atoms with E-state index in [1.807, 2.05) is 0 Å². The molecule has 0 radical (unpaired) electrons. The van der Waals surface area contributed by atoms with Crippen molar-refractivity contribution < 1.29 is 13.2 Å². The van der Waals surface area contributed by atoms with E-state index >= 15 is 0 Å². The van der Waals surface area contributed by atoms with Crippen molar-refractivity contribution in [1.82, 2.24) is 0 Å². The van der Waals surface area contributed by atoms with Crippen molar-refractivity contribution in [2.24, 2.45) is 0 Å². The van der Waals surface area contributed by atoms with Crippen LogP contribution in [-0.2, 0) is 16.4 Å². The second-order valence-corrected chi connectivity index (χ2v) is 6.51. The largest absolute Gasteiger partial charge is 0.293 e. The third-order valence-corrected chi connectivity index (χ3v) is 4.42. The Morgan fingerprint density at radius 2 is 2.17 bits per heavy atom. The Morgan fingerprint density at radius 3 is 2.78 bits per heavy atom. The number of halogens is 1. The topological polar surface area (TPSA) is 54.5 Å². The number of carbonyl (C=O) groups excluding carboxylic acids is 1. The minimum Gasteiger partial charge on any atom is -0.293 e. The maximum atomic E-state index is 11.7. The standard InChI is InChI=1S/C12H14ClNO3S/c1-18(16,17)14-6-2-3-9-7-10(12(15)8-13)4-5-11(9)14/h4-5,7H,2-3,6,8H2,1H3. The highest BCUT2D eigenvalue weighted by Crippen LogP contribution is 2.29. The average Bonchev–Trinajstić information content (AvgIpc) is 2.35. The van der Waals surface area contributed by atoms with Crippen LogP contribution < -0.4 is 4.31 Å². The molecule has 2 rings (SSSR count). The van der Waals surface area contributed by atoms with E-state index in [9.17, 15) is 13.2 Å². The fourth-order valence-corrected chi connectivity index (χ4v) is 3.31. The van der Waals surface area contributed by atoms with Gasteiger partial charge in [-0.15, -0.1) is 11.6 Å². The molecule has 6 heteroatoms. The molecule has 0 spiro atoms. The molecule has 1 aromatic carbocycles. The van der Waals surface area contributed by atoms with Gasteiger partial charge in [0.1, 0.15) is 0 Å². The lowest BCUT2D eigenvalue weighted by atomic mass is 9.99. The summed E-state index contributed by atoms with van der Waals surface area (Å²) in [5, 5.41) is 0. The Balaban J connectivity index is 2.46. The van der Waals surface area contributed by atoms with Crippen molar-refractivity contribution in [3.05, 3.63) is 29.3 Å². The van der Waals surface area contributed by atoms with Crippen LogP contribution in [0, 0.1) is 0 Å². The molecule has 0 N–H and O–H groups in total. The third kappa shape index (κ3) is 2.52. The zero-order chi connectivity index (χ0) is 13.3. The van der Waals surface area contributed by atoms with E-state index in [0.29, 0.717) is 17.8 Å². The fourth-order valence-electron chi connectivity index (χ4n) is 2.16. The van der Waals surface area contributed by atoms with Crippen molar-refractivity contribution in [3.63, 3.8) is 0 Å². The number of benzene rings is 1. The first kappa shape index (κ1) is 13.4. The molecule has 0 amide bonds. The van der Waals surface area contributed by atoms with E-state index in [0.717, 1.165) is 18.4 Å². The van der Waals surface area contributed by atoms with E-state index in [-0.39, 0.29) is 11.7 Å². The van der Waals surface area contributed by atoms with Gasteiger partial charge in [0.2, 0.25) is 10.0 Å². The van der Waals surface area contributed by atoms with Gasteiger partial charge in [-0.2, -0.15) is 0 Å². The Morgan fingerprint density at radius 1 is 1.44 bits per heavy atom. The van der Waals surface area contributed by atoms with Gasteiger partial charge in [-0.05, 0) is 36.6 Å². The second kappa shape index (κ2) is 4.90. The molecule has 0 saturated carbocycles. The lowest BCUT2D eigenvalue weighted by Crippen LogP contribution is -2.34. The van der Waals surface area contributed by atoms with E-state index in [2.05, 4.69) is 0 Å². The van der Waals surface area contributed by atoms with Gasteiger partial charge in [0.05, 0.1) is 17.8 Å². The van der Waals surface area contributed by atoms with Gasteiger partial charge in [-0.25, -0.2) is 8.42 Å². The first-order chi connectivity index (χ1) is 8.43. The summed E-state index contributed by atoms with van der Waals surface area (Å²) in [6, 6.07) is 5.07. The van der Waals surface area contributed by atoms with Crippen molar-refractivity contribution in [3.8, 4) is 0 Å². The number of fused-ring (bicyclic) bond motifs is 1. The molecule has 18 heavy (non-hydrogen) atoms. The van der Waals surface area contributed by atoms with Crippen LogP contribution in [0.2, 0.25) is 0 Å². The second-order valence-electron chi connectivity index (χ2n) is 4.34. The maximum absolute atomic E-state index is 11.7. The van der Waals surface area contributed by atoms with Gasteiger partial charge < -0.3 is 0 Å². The fraction of sp³-hybridized carbons (Fsp3) is 0.417. The van der Waals surface area contributed by atoms with Crippen LogP contribution in [0.25, 0.3) is 0 Å². The Labute approximate surface area is 112 Å². The van der Waals surface area contributed by atoms with E-state index in [1.54, 1.807) is 18.2 Å². The van der Waals surface area contributed by atoms with Gasteiger partial charge in [0.25, 0.3) is 0 Å². The van der Waals surface area contributed by atoms with Crippen LogP contribution in [0.4, 0.5) is 5.69 Å². The highest BCUT2D eigenvalue weighted by atomic mass is 35.5. The Kier molecular flexibility index (Phi) is 3.64. The molecular weight excluding hydrogens is 274 g/mol. The van der Waals surface area contributed by atoms with Gasteiger partial charge >= 0.3 is 0 Å². The van der Waals surface area contributed by atoms with Crippen molar-refractivity contribution >= 4 is 33.1 Å². The lowest BCUT2D eigenvalue weighted by molar-refractivity contribution is 0.102. The van der Waals surface area contributed by atoms with Crippen LogP contribution in [0.3, 0.4) is 0 Å². The molecule has 1 aromatic rings. The number of ketones is 1. The van der Waals surface area contributed by atoms with Crippen molar-refractivity contribution in [2.75, 3.05) is 23.0 Å². The number of anilines is 1. The number of aryl methyl sites for hydroxylation is 1. The molecule has 0 aliphatic carbocycles. The number of rotatable bonds is 3. The van der Waals surface area contributed by atoms with Crippen LogP contribution in [0.5, 0.6) is 0 Å². The summed E-state index contributed by atoms with van der Waals surface area (Å²) in [6.07, 6.45) is 2.74. The van der Waals surface area contributed by atoms with E-state index < -0.39 is 10.0 Å². The SMILES string of the molecule is CS(=O)(=O)N1CCCc2cc(C(=O)CCl)ccc21. The summed E-state index contributed by atoms with van der Waals surface area (Å²) in [4.78, 5) is 11.5. The number of carbonyl (C=O) groups is 1. The monoisotopic (exact) mass is 287 g/mol. The molecule has 0 bridgehead atoms. The molecule has 0 saturated heterocycles. The predicted octanol–water partition coefficient (Wildman–Crippen LogP) is 1.82. The Bertz CT molecular complexity index is 583. The molecule has 98 valence electrons. The van der Waals surface area contributed by atoms with Crippen LogP contribution in [0.15, 0.2) is 18.2 Å². The summed E-state index contributed by atoms with van der Waals surface area (Å²) < 4.78 is 24.7. The zero-order valence-corrected chi connectivity index (χ0v) is 11.6. The summed E-state index contributed by atoms with van der Waals surface area (Å²) in [7, 11) is -3.26. The highest BCUT2D eigenvalue weighted by molar-refractivity contribution is 7.92.